The van der Waals surface area contributed by atoms with Crippen LogP contribution in [0.3, 0.4) is 0 Å². The van der Waals surface area contributed by atoms with E-state index in [9.17, 15) is 4.79 Å². The minimum atomic E-state index is -0.178. The molecule has 1 aliphatic rings. The SMILES string of the molecule is COCCCn1c(S[C@H](C)c2nc(C(C)(C)C)no2)nc2sc3c(c2c1=O)CCC3. The Morgan fingerprint density at radius 1 is 1.30 bits per heavy atom. The molecule has 3 heterocycles. The highest BCUT2D eigenvalue weighted by molar-refractivity contribution is 7.99. The molecule has 7 nitrogen and oxygen atoms in total. The van der Waals surface area contributed by atoms with E-state index in [0.717, 1.165) is 35.9 Å². The third-order valence-electron chi connectivity index (χ3n) is 5.26. The van der Waals surface area contributed by atoms with E-state index in [0.29, 0.717) is 30.0 Å². The first-order valence-corrected chi connectivity index (χ1v) is 12.0. The number of ether oxygens (including phenoxy) is 1. The fraction of sp³-hybridized carbons (Fsp3) is 0.619. The molecule has 0 aromatic carbocycles. The van der Waals surface area contributed by atoms with E-state index in [4.69, 9.17) is 14.2 Å². The van der Waals surface area contributed by atoms with E-state index in [1.54, 1.807) is 23.0 Å². The molecule has 3 aromatic heterocycles. The molecule has 30 heavy (non-hydrogen) atoms. The molecule has 0 N–H and O–H groups in total. The Labute approximate surface area is 184 Å². The highest BCUT2D eigenvalue weighted by Gasteiger charge is 2.27. The third-order valence-corrected chi connectivity index (χ3v) is 7.53. The fourth-order valence-electron chi connectivity index (χ4n) is 3.63. The van der Waals surface area contributed by atoms with Crippen molar-refractivity contribution in [3.8, 4) is 0 Å². The molecular formula is C21H28N4O3S2. The summed E-state index contributed by atoms with van der Waals surface area (Å²) in [5.74, 6) is 1.23. The van der Waals surface area contributed by atoms with Crippen molar-refractivity contribution in [1.82, 2.24) is 19.7 Å². The lowest BCUT2D eigenvalue weighted by atomic mass is 9.96. The third kappa shape index (κ3) is 4.07. The monoisotopic (exact) mass is 448 g/mol. The summed E-state index contributed by atoms with van der Waals surface area (Å²) in [4.78, 5) is 25.1. The van der Waals surface area contributed by atoms with Gasteiger partial charge in [0.05, 0.1) is 10.6 Å². The van der Waals surface area contributed by atoms with Gasteiger partial charge in [-0.25, -0.2) is 4.98 Å². The number of nitrogens with zero attached hydrogens (tertiary/aromatic N) is 4. The van der Waals surface area contributed by atoms with Gasteiger partial charge in [0.2, 0.25) is 5.89 Å². The van der Waals surface area contributed by atoms with Crippen LogP contribution in [0.1, 0.15) is 67.9 Å². The highest BCUT2D eigenvalue weighted by atomic mass is 32.2. The van der Waals surface area contributed by atoms with E-state index in [1.165, 1.54) is 22.2 Å². The Morgan fingerprint density at radius 3 is 2.80 bits per heavy atom. The summed E-state index contributed by atoms with van der Waals surface area (Å²) in [6.45, 7) is 9.35. The average Bonchev–Trinajstić information content (AvgIpc) is 3.38. The normalized spacial score (nSPS) is 15.1. The van der Waals surface area contributed by atoms with Gasteiger partial charge in [-0.2, -0.15) is 4.98 Å². The molecule has 162 valence electrons. The number of rotatable bonds is 7. The van der Waals surface area contributed by atoms with E-state index >= 15 is 0 Å². The van der Waals surface area contributed by atoms with Crippen LogP contribution in [0.4, 0.5) is 0 Å². The standard InChI is InChI=1S/C21H28N4O3S2/c1-12(16-22-19(24-28-16)21(2,3)4)29-20-23-17-15(13-8-6-9-14(13)30-17)18(26)25(20)10-7-11-27-5/h12H,6-11H2,1-5H3/t12-/m1/s1. The topological polar surface area (TPSA) is 83.0 Å². The number of hydrogen-bond donors (Lipinski definition) is 0. The molecule has 1 atom stereocenters. The molecule has 0 saturated carbocycles. The quantitative estimate of drug-likeness (QED) is 0.299. The first kappa shape index (κ1) is 21.5. The van der Waals surface area contributed by atoms with Crippen LogP contribution in [0.15, 0.2) is 14.5 Å². The van der Waals surface area contributed by atoms with Crippen molar-refractivity contribution in [2.75, 3.05) is 13.7 Å². The molecular weight excluding hydrogens is 420 g/mol. The molecule has 0 unspecified atom stereocenters. The highest BCUT2D eigenvalue weighted by Crippen LogP contribution is 2.38. The van der Waals surface area contributed by atoms with E-state index in [-0.39, 0.29) is 16.2 Å². The number of thiophene rings is 1. The van der Waals surface area contributed by atoms with Crippen LogP contribution < -0.4 is 5.56 Å². The average molecular weight is 449 g/mol. The summed E-state index contributed by atoms with van der Waals surface area (Å²) < 4.78 is 12.5. The van der Waals surface area contributed by atoms with Gasteiger partial charge < -0.3 is 9.26 Å². The lowest BCUT2D eigenvalue weighted by Crippen LogP contribution is -2.24. The van der Waals surface area contributed by atoms with Crippen molar-refractivity contribution in [2.24, 2.45) is 0 Å². The van der Waals surface area contributed by atoms with E-state index in [2.05, 4.69) is 30.9 Å². The minimum absolute atomic E-state index is 0.0612. The molecule has 0 bridgehead atoms. The lowest BCUT2D eigenvalue weighted by molar-refractivity contribution is 0.189. The summed E-state index contributed by atoms with van der Waals surface area (Å²) in [7, 11) is 1.68. The Morgan fingerprint density at radius 2 is 2.10 bits per heavy atom. The molecule has 9 heteroatoms. The van der Waals surface area contributed by atoms with Crippen molar-refractivity contribution in [2.45, 2.75) is 75.7 Å². The van der Waals surface area contributed by atoms with Gasteiger partial charge in [0.1, 0.15) is 4.83 Å². The molecule has 0 amide bonds. The first-order chi connectivity index (χ1) is 14.3. The number of methoxy groups -OCH3 is 1. The molecule has 3 aromatic rings. The second-order valence-corrected chi connectivity index (χ2v) is 11.1. The van der Waals surface area contributed by atoms with Gasteiger partial charge in [-0.1, -0.05) is 37.7 Å². The van der Waals surface area contributed by atoms with Gasteiger partial charge in [-0.05, 0) is 38.2 Å². The molecule has 0 saturated heterocycles. The summed E-state index contributed by atoms with van der Waals surface area (Å²) in [5.41, 5.74) is 1.10. The second-order valence-electron chi connectivity index (χ2n) is 8.70. The number of hydrogen-bond acceptors (Lipinski definition) is 8. The summed E-state index contributed by atoms with van der Waals surface area (Å²) >= 11 is 3.16. The van der Waals surface area contributed by atoms with Crippen molar-refractivity contribution in [3.05, 3.63) is 32.5 Å². The zero-order valence-corrected chi connectivity index (χ0v) is 19.8. The van der Waals surface area contributed by atoms with Crippen LogP contribution in [-0.4, -0.2) is 33.4 Å². The Balaban J connectivity index is 1.70. The van der Waals surface area contributed by atoms with Gasteiger partial charge in [-0.15, -0.1) is 11.3 Å². The van der Waals surface area contributed by atoms with Gasteiger partial charge in [0.25, 0.3) is 5.56 Å². The van der Waals surface area contributed by atoms with Crippen LogP contribution in [0.5, 0.6) is 0 Å². The Kier molecular flexibility index (Phi) is 6.05. The van der Waals surface area contributed by atoms with Crippen molar-refractivity contribution in [1.29, 1.82) is 0 Å². The number of aromatic nitrogens is 4. The van der Waals surface area contributed by atoms with Gasteiger partial charge >= 0.3 is 0 Å². The Bertz CT molecular complexity index is 1110. The van der Waals surface area contributed by atoms with Gasteiger partial charge in [-0.3, -0.25) is 9.36 Å². The summed E-state index contributed by atoms with van der Waals surface area (Å²) in [6.07, 6.45) is 3.91. The molecule has 0 radical (unpaired) electrons. The predicted octanol–water partition coefficient (Wildman–Crippen LogP) is 4.52. The fourth-order valence-corrected chi connectivity index (χ4v) is 5.89. The number of fused-ring (bicyclic) bond motifs is 3. The van der Waals surface area contributed by atoms with Crippen LogP contribution in [0.25, 0.3) is 10.2 Å². The number of thioether (sulfide) groups is 1. The van der Waals surface area contributed by atoms with Crippen molar-refractivity contribution >= 4 is 33.3 Å². The zero-order valence-electron chi connectivity index (χ0n) is 18.2. The van der Waals surface area contributed by atoms with Crippen LogP contribution >= 0.6 is 23.1 Å². The molecule has 0 aliphatic heterocycles. The predicted molar refractivity (Wildman–Crippen MR) is 120 cm³/mol. The number of aryl methyl sites for hydroxylation is 2. The molecule has 0 spiro atoms. The smallest absolute Gasteiger partial charge is 0.263 e. The molecule has 1 aliphatic carbocycles. The van der Waals surface area contributed by atoms with Crippen LogP contribution in [-0.2, 0) is 29.5 Å². The lowest BCUT2D eigenvalue weighted by Gasteiger charge is -2.14. The minimum Gasteiger partial charge on any atom is -0.385 e. The van der Waals surface area contributed by atoms with Crippen LogP contribution in [0.2, 0.25) is 0 Å². The van der Waals surface area contributed by atoms with E-state index < -0.39 is 0 Å². The van der Waals surface area contributed by atoms with E-state index in [1.807, 2.05) is 6.92 Å². The Hall–Kier alpha value is -1.71. The zero-order chi connectivity index (χ0) is 21.5. The maximum atomic E-state index is 13.4. The largest absolute Gasteiger partial charge is 0.385 e. The summed E-state index contributed by atoms with van der Waals surface area (Å²) in [5, 5.41) is 5.53. The maximum absolute atomic E-state index is 13.4. The van der Waals surface area contributed by atoms with Gasteiger partial charge in [0.15, 0.2) is 11.0 Å². The van der Waals surface area contributed by atoms with Crippen LogP contribution in [0, 0.1) is 0 Å². The molecule has 4 rings (SSSR count). The first-order valence-electron chi connectivity index (χ1n) is 10.3. The molecule has 0 fully saturated rings. The van der Waals surface area contributed by atoms with Crippen molar-refractivity contribution < 1.29 is 9.26 Å². The maximum Gasteiger partial charge on any atom is 0.263 e. The summed E-state index contributed by atoms with van der Waals surface area (Å²) in [6, 6.07) is 0. The van der Waals surface area contributed by atoms with Gasteiger partial charge in [0, 0.05) is 30.6 Å². The second kappa shape index (κ2) is 8.43. The van der Waals surface area contributed by atoms with Crippen molar-refractivity contribution in [3.63, 3.8) is 0 Å².